The standard InChI is InChI=1S/C27H19BrFNO2/c1-31-26-15-19(13-22(16-30)23-8-4-5-9-25(23)29)14-24(28)27(26)32-17-18-10-11-20-6-2-3-7-21(20)12-18/h2-15H,17H2,1H3/b22-13-. The molecule has 0 saturated carbocycles. The number of benzene rings is 4. The molecule has 0 bridgehead atoms. The average molecular weight is 488 g/mol. The van der Waals surface area contributed by atoms with Crippen LogP contribution in [-0.4, -0.2) is 7.11 Å². The molecule has 32 heavy (non-hydrogen) atoms. The van der Waals surface area contributed by atoms with Crippen LogP contribution in [0.1, 0.15) is 16.7 Å². The fourth-order valence-electron chi connectivity index (χ4n) is 3.46. The highest BCUT2D eigenvalue weighted by Crippen LogP contribution is 2.38. The molecule has 158 valence electrons. The average Bonchev–Trinajstić information content (AvgIpc) is 2.82. The number of ether oxygens (including phenoxy) is 2. The van der Waals surface area contributed by atoms with E-state index in [2.05, 4.69) is 46.3 Å². The maximum absolute atomic E-state index is 14.1. The number of nitriles is 1. The Labute approximate surface area is 194 Å². The first-order valence-electron chi connectivity index (χ1n) is 9.94. The molecule has 5 heteroatoms. The van der Waals surface area contributed by atoms with Crippen molar-refractivity contribution in [2.24, 2.45) is 0 Å². The first-order chi connectivity index (χ1) is 15.6. The summed E-state index contributed by atoms with van der Waals surface area (Å²) in [5.41, 5.74) is 2.20. The monoisotopic (exact) mass is 487 g/mol. The summed E-state index contributed by atoms with van der Waals surface area (Å²) in [6.07, 6.45) is 1.62. The number of nitrogens with zero attached hydrogens (tertiary/aromatic N) is 1. The molecule has 0 saturated heterocycles. The van der Waals surface area contributed by atoms with Crippen LogP contribution in [0.15, 0.2) is 83.3 Å². The Balaban J connectivity index is 1.61. The van der Waals surface area contributed by atoms with E-state index in [0.29, 0.717) is 28.1 Å². The molecule has 0 aliphatic rings. The molecule has 0 radical (unpaired) electrons. The van der Waals surface area contributed by atoms with Crippen LogP contribution in [0.5, 0.6) is 11.5 Å². The minimum atomic E-state index is -0.443. The molecule has 0 N–H and O–H groups in total. The van der Waals surface area contributed by atoms with Crippen LogP contribution in [0, 0.1) is 17.1 Å². The summed E-state index contributed by atoms with van der Waals surface area (Å²) in [5, 5.41) is 11.9. The van der Waals surface area contributed by atoms with Gasteiger partial charge in [-0.15, -0.1) is 0 Å². The topological polar surface area (TPSA) is 42.2 Å². The number of hydrogen-bond donors (Lipinski definition) is 0. The summed E-state index contributed by atoms with van der Waals surface area (Å²) >= 11 is 3.54. The molecule has 4 rings (SSSR count). The normalized spacial score (nSPS) is 11.2. The highest BCUT2D eigenvalue weighted by atomic mass is 79.9. The maximum atomic E-state index is 14.1. The van der Waals surface area contributed by atoms with Gasteiger partial charge in [0.2, 0.25) is 0 Å². The Hall–Kier alpha value is -3.62. The molecule has 0 aromatic heterocycles. The van der Waals surface area contributed by atoms with Crippen molar-refractivity contribution in [2.75, 3.05) is 7.11 Å². The molecule has 4 aromatic carbocycles. The number of allylic oxidation sites excluding steroid dienone is 1. The lowest BCUT2D eigenvalue weighted by Gasteiger charge is -2.14. The molecule has 0 heterocycles. The van der Waals surface area contributed by atoms with Crippen LogP contribution in [0.25, 0.3) is 22.4 Å². The van der Waals surface area contributed by atoms with E-state index in [-0.39, 0.29) is 11.1 Å². The van der Waals surface area contributed by atoms with Crippen LogP contribution >= 0.6 is 15.9 Å². The van der Waals surface area contributed by atoms with Gasteiger partial charge in [-0.3, -0.25) is 0 Å². The van der Waals surface area contributed by atoms with Crippen molar-refractivity contribution in [1.82, 2.24) is 0 Å². The Morgan fingerprint density at radius 3 is 2.50 bits per heavy atom. The van der Waals surface area contributed by atoms with Crippen molar-refractivity contribution in [1.29, 1.82) is 5.26 Å². The van der Waals surface area contributed by atoms with Crippen LogP contribution in [-0.2, 0) is 6.61 Å². The molecule has 4 aromatic rings. The molecular weight excluding hydrogens is 469 g/mol. The largest absolute Gasteiger partial charge is 0.493 e. The van der Waals surface area contributed by atoms with Gasteiger partial charge < -0.3 is 9.47 Å². The zero-order valence-corrected chi connectivity index (χ0v) is 18.9. The molecular formula is C27H19BrFNO2. The van der Waals surface area contributed by atoms with Gasteiger partial charge in [0.05, 0.1) is 23.2 Å². The van der Waals surface area contributed by atoms with Crippen molar-refractivity contribution in [2.45, 2.75) is 6.61 Å². The second-order valence-corrected chi connectivity index (χ2v) is 8.01. The van der Waals surface area contributed by atoms with Gasteiger partial charge in [0.25, 0.3) is 0 Å². The fraction of sp³-hybridized carbons (Fsp3) is 0.0741. The summed E-state index contributed by atoms with van der Waals surface area (Å²) in [7, 11) is 1.56. The van der Waals surface area contributed by atoms with E-state index in [4.69, 9.17) is 9.47 Å². The van der Waals surface area contributed by atoms with Crippen molar-refractivity contribution < 1.29 is 13.9 Å². The Bertz CT molecular complexity index is 1360. The SMILES string of the molecule is COc1cc(/C=C(/C#N)c2ccccc2F)cc(Br)c1OCc1ccc2ccccc2c1. The van der Waals surface area contributed by atoms with Crippen LogP contribution in [0.4, 0.5) is 4.39 Å². The van der Waals surface area contributed by atoms with Crippen molar-refractivity contribution in [3.8, 4) is 17.6 Å². The van der Waals surface area contributed by atoms with Crippen molar-refractivity contribution in [3.05, 3.63) is 106 Å². The van der Waals surface area contributed by atoms with E-state index in [1.807, 2.05) is 24.3 Å². The summed E-state index contributed by atoms with van der Waals surface area (Å²) in [4.78, 5) is 0. The van der Waals surface area contributed by atoms with E-state index in [1.165, 1.54) is 11.5 Å². The predicted octanol–water partition coefficient (Wildman–Crippen LogP) is 7.39. The van der Waals surface area contributed by atoms with Gasteiger partial charge in [-0.2, -0.15) is 5.26 Å². The van der Waals surface area contributed by atoms with Gasteiger partial charge in [-0.05, 0) is 68.2 Å². The zero-order chi connectivity index (χ0) is 22.5. The van der Waals surface area contributed by atoms with Gasteiger partial charge in [0.1, 0.15) is 12.4 Å². The number of halogens is 2. The number of hydrogen-bond acceptors (Lipinski definition) is 3. The molecule has 3 nitrogen and oxygen atoms in total. The molecule has 0 atom stereocenters. The second kappa shape index (κ2) is 9.67. The third-order valence-electron chi connectivity index (χ3n) is 5.04. The summed E-state index contributed by atoms with van der Waals surface area (Å²) in [6, 6.07) is 26.2. The molecule has 0 spiro atoms. The summed E-state index contributed by atoms with van der Waals surface area (Å²) in [5.74, 6) is 0.626. The van der Waals surface area contributed by atoms with Crippen molar-refractivity contribution in [3.63, 3.8) is 0 Å². The minimum Gasteiger partial charge on any atom is -0.493 e. The van der Waals surface area contributed by atoms with Gasteiger partial charge in [0.15, 0.2) is 11.5 Å². The molecule has 0 fully saturated rings. The van der Waals surface area contributed by atoms with E-state index >= 15 is 0 Å². The van der Waals surface area contributed by atoms with E-state index in [0.717, 1.165) is 10.9 Å². The highest BCUT2D eigenvalue weighted by molar-refractivity contribution is 9.10. The lowest BCUT2D eigenvalue weighted by molar-refractivity contribution is 0.282. The Kier molecular flexibility index (Phi) is 6.53. The number of fused-ring (bicyclic) bond motifs is 1. The molecule has 0 unspecified atom stereocenters. The third kappa shape index (κ3) is 4.66. The quantitative estimate of drug-likeness (QED) is 0.210. The first-order valence-corrected chi connectivity index (χ1v) is 10.7. The number of rotatable bonds is 6. The first kappa shape index (κ1) is 21.6. The molecule has 0 aliphatic heterocycles. The maximum Gasteiger partial charge on any atom is 0.175 e. The minimum absolute atomic E-state index is 0.224. The van der Waals surface area contributed by atoms with Gasteiger partial charge >= 0.3 is 0 Å². The Morgan fingerprint density at radius 1 is 1.00 bits per heavy atom. The second-order valence-electron chi connectivity index (χ2n) is 7.15. The number of methoxy groups -OCH3 is 1. The van der Waals surface area contributed by atoms with Crippen LogP contribution in [0.3, 0.4) is 0 Å². The highest BCUT2D eigenvalue weighted by Gasteiger charge is 2.13. The third-order valence-corrected chi connectivity index (χ3v) is 5.63. The summed E-state index contributed by atoms with van der Waals surface area (Å²) in [6.45, 7) is 0.369. The lowest BCUT2D eigenvalue weighted by atomic mass is 10.0. The van der Waals surface area contributed by atoms with Gasteiger partial charge in [-0.1, -0.05) is 54.6 Å². The molecule has 0 amide bonds. The van der Waals surface area contributed by atoms with Crippen LogP contribution < -0.4 is 9.47 Å². The van der Waals surface area contributed by atoms with E-state index < -0.39 is 5.82 Å². The van der Waals surface area contributed by atoms with Gasteiger partial charge in [-0.25, -0.2) is 4.39 Å². The Morgan fingerprint density at radius 2 is 1.75 bits per heavy atom. The van der Waals surface area contributed by atoms with E-state index in [9.17, 15) is 9.65 Å². The fourth-order valence-corrected chi connectivity index (χ4v) is 4.04. The predicted molar refractivity (Wildman–Crippen MR) is 129 cm³/mol. The lowest BCUT2D eigenvalue weighted by Crippen LogP contribution is -1.99. The van der Waals surface area contributed by atoms with Crippen LogP contribution in [0.2, 0.25) is 0 Å². The summed E-state index contributed by atoms with van der Waals surface area (Å²) < 4.78 is 26.4. The van der Waals surface area contributed by atoms with Crippen molar-refractivity contribution >= 4 is 38.4 Å². The zero-order valence-electron chi connectivity index (χ0n) is 17.3. The smallest absolute Gasteiger partial charge is 0.175 e. The van der Waals surface area contributed by atoms with E-state index in [1.54, 1.807) is 37.5 Å². The van der Waals surface area contributed by atoms with Gasteiger partial charge in [0, 0.05) is 5.56 Å². The molecule has 0 aliphatic carbocycles.